The molecule has 2 aromatic carbocycles. The van der Waals surface area contributed by atoms with E-state index in [0.717, 1.165) is 23.1 Å². The van der Waals surface area contributed by atoms with Gasteiger partial charge in [-0.1, -0.05) is 42.3 Å². The lowest BCUT2D eigenvalue weighted by Crippen LogP contribution is -2.27. The number of nitrogens with zero attached hydrogens (tertiary/aromatic N) is 3. The molecule has 10 heteroatoms. The minimum atomic E-state index is -3.59. The van der Waals surface area contributed by atoms with E-state index in [9.17, 15) is 13.2 Å². The maximum atomic E-state index is 12.9. The van der Waals surface area contributed by atoms with Crippen molar-refractivity contribution in [2.75, 3.05) is 26.8 Å². The van der Waals surface area contributed by atoms with Crippen LogP contribution in [0.3, 0.4) is 0 Å². The Balaban J connectivity index is 1.92. The maximum Gasteiger partial charge on any atom is 0.279 e. The average molecular weight is 510 g/mol. The summed E-state index contributed by atoms with van der Waals surface area (Å²) in [6.45, 7) is 5.94. The van der Waals surface area contributed by atoms with Crippen LogP contribution in [0.15, 0.2) is 52.4 Å². The highest BCUT2D eigenvalue weighted by Crippen LogP contribution is 2.25. The summed E-state index contributed by atoms with van der Waals surface area (Å²) in [5, 5.41) is 0.580. The molecule has 3 aromatic rings. The number of rotatable bonds is 10. The van der Waals surface area contributed by atoms with Crippen molar-refractivity contribution >= 4 is 49.1 Å². The number of amides is 1. The van der Waals surface area contributed by atoms with Crippen LogP contribution in [0.1, 0.15) is 37.0 Å². The molecule has 3 rings (SSSR count). The van der Waals surface area contributed by atoms with Crippen LogP contribution in [0.25, 0.3) is 10.2 Å². The Labute approximate surface area is 203 Å². The fourth-order valence-electron chi connectivity index (χ4n) is 3.28. The second-order valence-electron chi connectivity index (χ2n) is 7.44. The predicted molar refractivity (Wildman–Crippen MR) is 132 cm³/mol. The van der Waals surface area contributed by atoms with Gasteiger partial charge in [0.25, 0.3) is 5.91 Å². The van der Waals surface area contributed by atoms with Gasteiger partial charge in [0, 0.05) is 32.3 Å². The number of hydrogen-bond donors (Lipinski definition) is 0. The Morgan fingerprint density at radius 3 is 2.58 bits per heavy atom. The molecule has 0 bridgehead atoms. The first-order valence-corrected chi connectivity index (χ1v) is 13.4. The van der Waals surface area contributed by atoms with Crippen molar-refractivity contribution in [3.8, 4) is 0 Å². The maximum absolute atomic E-state index is 12.9. The van der Waals surface area contributed by atoms with E-state index < -0.39 is 15.9 Å². The molecule has 0 saturated heterocycles. The van der Waals surface area contributed by atoms with Crippen LogP contribution in [-0.4, -0.2) is 50.0 Å². The normalized spacial score (nSPS) is 12.7. The van der Waals surface area contributed by atoms with Crippen LogP contribution in [0.2, 0.25) is 5.02 Å². The molecule has 33 heavy (non-hydrogen) atoms. The molecule has 0 atom stereocenters. The fourth-order valence-corrected chi connectivity index (χ4v) is 5.90. The predicted octanol–water partition coefficient (Wildman–Crippen LogP) is 4.55. The van der Waals surface area contributed by atoms with E-state index in [1.165, 1.54) is 39.9 Å². The number of fused-ring (bicyclic) bond motifs is 1. The highest BCUT2D eigenvalue weighted by atomic mass is 35.5. The quantitative estimate of drug-likeness (QED) is 0.375. The standard InChI is InChI=1S/C23H28ClN3O4S2/c1-4-6-14-26(3)33(29,30)18-12-10-17(11-13-18)22(28)25-23-27(15-16-31-5-2)21-19(24)8-7-9-20(21)32-23/h7-13H,4-6,14-16H2,1-3H3. The Morgan fingerprint density at radius 1 is 1.18 bits per heavy atom. The molecule has 0 aliphatic carbocycles. The fraction of sp³-hybridized carbons (Fsp3) is 0.391. The van der Waals surface area contributed by atoms with Gasteiger partial charge in [0.15, 0.2) is 4.80 Å². The second kappa shape index (κ2) is 11.4. The Morgan fingerprint density at radius 2 is 1.91 bits per heavy atom. The lowest BCUT2D eigenvalue weighted by Gasteiger charge is -2.16. The zero-order valence-corrected chi connectivity index (χ0v) is 21.3. The molecule has 0 spiro atoms. The summed E-state index contributed by atoms with van der Waals surface area (Å²) in [5.74, 6) is -0.453. The van der Waals surface area contributed by atoms with E-state index in [2.05, 4.69) is 4.99 Å². The summed E-state index contributed by atoms with van der Waals surface area (Å²) in [4.78, 5) is 17.9. The molecule has 0 radical (unpaired) electrons. The Hall–Kier alpha value is -2.04. The average Bonchev–Trinajstić information content (AvgIpc) is 3.15. The summed E-state index contributed by atoms with van der Waals surface area (Å²) < 4.78 is 35.0. The van der Waals surface area contributed by atoms with Gasteiger partial charge in [-0.15, -0.1) is 0 Å². The number of unbranched alkanes of at least 4 members (excludes halogenated alkanes) is 1. The van der Waals surface area contributed by atoms with Crippen molar-refractivity contribution in [3.05, 3.63) is 57.9 Å². The van der Waals surface area contributed by atoms with Crippen molar-refractivity contribution in [3.63, 3.8) is 0 Å². The molecule has 1 aromatic heterocycles. The molecular weight excluding hydrogens is 482 g/mol. The van der Waals surface area contributed by atoms with E-state index in [4.69, 9.17) is 16.3 Å². The van der Waals surface area contributed by atoms with Gasteiger partial charge in [0.1, 0.15) is 0 Å². The van der Waals surface area contributed by atoms with E-state index >= 15 is 0 Å². The minimum absolute atomic E-state index is 0.151. The first-order chi connectivity index (χ1) is 15.8. The summed E-state index contributed by atoms with van der Waals surface area (Å²) >= 11 is 7.79. The molecule has 178 valence electrons. The third-order valence-corrected chi connectivity index (χ3v) is 8.37. The number of halogens is 1. The summed E-state index contributed by atoms with van der Waals surface area (Å²) in [6, 6.07) is 11.5. The van der Waals surface area contributed by atoms with E-state index in [1.807, 2.05) is 30.5 Å². The van der Waals surface area contributed by atoms with Crippen molar-refractivity contribution in [2.45, 2.75) is 38.1 Å². The van der Waals surface area contributed by atoms with E-state index in [1.54, 1.807) is 13.1 Å². The zero-order chi connectivity index (χ0) is 24.0. The monoisotopic (exact) mass is 509 g/mol. The van der Waals surface area contributed by atoms with Crippen LogP contribution in [0, 0.1) is 0 Å². The zero-order valence-electron chi connectivity index (χ0n) is 19.0. The lowest BCUT2D eigenvalue weighted by molar-refractivity contribution is 0.0996. The summed E-state index contributed by atoms with van der Waals surface area (Å²) in [5.41, 5.74) is 1.12. The highest BCUT2D eigenvalue weighted by molar-refractivity contribution is 7.89. The molecule has 0 unspecified atom stereocenters. The first-order valence-electron chi connectivity index (χ1n) is 10.8. The van der Waals surface area contributed by atoms with Gasteiger partial charge < -0.3 is 9.30 Å². The molecule has 0 fully saturated rings. The molecule has 1 amide bonds. The van der Waals surface area contributed by atoms with Gasteiger partial charge in [-0.05, 0) is 49.7 Å². The third kappa shape index (κ3) is 5.91. The summed E-state index contributed by atoms with van der Waals surface area (Å²) in [6.07, 6.45) is 1.69. The largest absolute Gasteiger partial charge is 0.380 e. The Kier molecular flexibility index (Phi) is 8.83. The van der Waals surface area contributed by atoms with Crippen molar-refractivity contribution in [1.82, 2.24) is 8.87 Å². The molecule has 1 heterocycles. The van der Waals surface area contributed by atoms with Crippen LogP contribution < -0.4 is 4.80 Å². The number of carbonyl (C=O) groups is 1. The molecular formula is C23H28ClN3O4S2. The number of carbonyl (C=O) groups excluding carboxylic acids is 1. The topological polar surface area (TPSA) is 81.0 Å². The number of ether oxygens (including phenoxy) is 1. The number of sulfonamides is 1. The summed E-state index contributed by atoms with van der Waals surface area (Å²) in [7, 11) is -2.03. The second-order valence-corrected chi connectivity index (χ2v) is 10.9. The minimum Gasteiger partial charge on any atom is -0.380 e. The molecule has 0 aliphatic rings. The van der Waals surface area contributed by atoms with Crippen LogP contribution >= 0.6 is 22.9 Å². The first kappa shape index (κ1) is 25.6. The lowest BCUT2D eigenvalue weighted by atomic mass is 10.2. The van der Waals surface area contributed by atoms with Crippen molar-refractivity contribution < 1.29 is 17.9 Å². The van der Waals surface area contributed by atoms with Crippen LogP contribution in [0.4, 0.5) is 0 Å². The van der Waals surface area contributed by atoms with Gasteiger partial charge in [0.05, 0.1) is 26.7 Å². The van der Waals surface area contributed by atoms with Gasteiger partial charge in [-0.25, -0.2) is 12.7 Å². The SMILES string of the molecule is CCCCN(C)S(=O)(=O)c1ccc(C(=O)N=c2sc3cccc(Cl)c3n2CCOCC)cc1. The smallest absolute Gasteiger partial charge is 0.279 e. The van der Waals surface area contributed by atoms with Crippen molar-refractivity contribution in [1.29, 1.82) is 0 Å². The van der Waals surface area contributed by atoms with Gasteiger partial charge in [0.2, 0.25) is 10.0 Å². The van der Waals surface area contributed by atoms with Crippen LogP contribution in [-0.2, 0) is 21.3 Å². The van der Waals surface area contributed by atoms with Crippen LogP contribution in [0.5, 0.6) is 0 Å². The van der Waals surface area contributed by atoms with E-state index in [-0.39, 0.29) is 4.90 Å². The molecule has 0 aliphatic heterocycles. The third-order valence-electron chi connectivity index (χ3n) is 5.15. The van der Waals surface area contributed by atoms with E-state index in [0.29, 0.717) is 41.7 Å². The molecule has 0 saturated carbocycles. The van der Waals surface area contributed by atoms with Gasteiger partial charge in [-0.3, -0.25) is 4.79 Å². The number of aromatic nitrogens is 1. The molecule has 0 N–H and O–H groups in total. The van der Waals surface area contributed by atoms with Gasteiger partial charge >= 0.3 is 0 Å². The number of hydrogen-bond acceptors (Lipinski definition) is 5. The Bertz CT molecular complexity index is 1280. The molecule has 7 nitrogen and oxygen atoms in total. The number of thiazole rings is 1. The number of para-hydroxylation sites is 1. The van der Waals surface area contributed by atoms with Crippen molar-refractivity contribution in [2.24, 2.45) is 4.99 Å². The number of benzene rings is 2. The van der Waals surface area contributed by atoms with Gasteiger partial charge in [-0.2, -0.15) is 4.99 Å². The highest BCUT2D eigenvalue weighted by Gasteiger charge is 2.20.